The van der Waals surface area contributed by atoms with Crippen molar-refractivity contribution >= 4 is 33.0 Å². The number of halogens is 4. The maximum absolute atomic E-state index is 12.8. The molecule has 1 atom stereocenters. The first kappa shape index (κ1) is 14.4. The van der Waals surface area contributed by atoms with Gasteiger partial charge in [0.25, 0.3) is 0 Å². The quantitative estimate of drug-likeness (QED) is 0.488. The van der Waals surface area contributed by atoms with Crippen LogP contribution in [0.3, 0.4) is 0 Å². The molecule has 108 valence electrons. The van der Waals surface area contributed by atoms with Crippen LogP contribution < -0.4 is 0 Å². The van der Waals surface area contributed by atoms with Crippen molar-refractivity contribution in [1.29, 1.82) is 0 Å². The highest BCUT2D eigenvalue weighted by atomic mass is 35.5. The molecule has 3 aromatic rings. The van der Waals surface area contributed by atoms with Crippen LogP contribution in [-0.4, -0.2) is 0 Å². The lowest BCUT2D eigenvalue weighted by Gasteiger charge is -2.12. The molecular formula is C16H10ClF3S. The van der Waals surface area contributed by atoms with Crippen LogP contribution in [0.15, 0.2) is 53.9 Å². The molecule has 2 aromatic carbocycles. The Balaban J connectivity index is 2.04. The van der Waals surface area contributed by atoms with E-state index in [1.807, 2.05) is 29.6 Å². The number of fused-ring (bicyclic) bond motifs is 1. The molecule has 1 aromatic heterocycles. The zero-order valence-corrected chi connectivity index (χ0v) is 12.3. The van der Waals surface area contributed by atoms with E-state index < -0.39 is 17.1 Å². The number of hydrogen-bond donors (Lipinski definition) is 0. The van der Waals surface area contributed by atoms with Gasteiger partial charge in [-0.25, -0.2) is 0 Å². The lowest BCUT2D eigenvalue weighted by Crippen LogP contribution is -2.05. The Bertz CT molecular complexity index is 776. The van der Waals surface area contributed by atoms with E-state index in [1.54, 1.807) is 17.4 Å². The number of hydrogen-bond acceptors (Lipinski definition) is 1. The van der Waals surface area contributed by atoms with Crippen molar-refractivity contribution in [2.75, 3.05) is 0 Å². The maximum Gasteiger partial charge on any atom is 0.416 e. The molecular weight excluding hydrogens is 317 g/mol. The van der Waals surface area contributed by atoms with Crippen molar-refractivity contribution in [3.63, 3.8) is 0 Å². The molecule has 3 rings (SSSR count). The summed E-state index contributed by atoms with van der Waals surface area (Å²) >= 11 is 7.95. The van der Waals surface area contributed by atoms with Gasteiger partial charge in [0.2, 0.25) is 0 Å². The van der Waals surface area contributed by atoms with E-state index >= 15 is 0 Å². The summed E-state index contributed by atoms with van der Waals surface area (Å²) in [6.07, 6.45) is -4.36. The van der Waals surface area contributed by atoms with E-state index in [0.717, 1.165) is 27.8 Å². The Morgan fingerprint density at radius 3 is 2.52 bits per heavy atom. The number of benzene rings is 2. The summed E-state index contributed by atoms with van der Waals surface area (Å²) in [6, 6.07) is 12.9. The molecule has 0 aliphatic carbocycles. The standard InChI is InChI=1S/C16H10ClF3S/c17-15(10-4-3-5-11(8-10)16(18,19)20)13-9-21-14-7-2-1-6-12(13)14/h1-9,15H. The second-order valence-electron chi connectivity index (χ2n) is 4.67. The molecule has 0 spiro atoms. The molecule has 0 radical (unpaired) electrons. The van der Waals surface area contributed by atoms with Gasteiger partial charge in [-0.2, -0.15) is 13.2 Å². The van der Waals surface area contributed by atoms with Crippen LogP contribution in [0, 0.1) is 0 Å². The van der Waals surface area contributed by atoms with Gasteiger partial charge in [0.05, 0.1) is 10.9 Å². The van der Waals surface area contributed by atoms with Crippen molar-refractivity contribution in [2.24, 2.45) is 0 Å². The van der Waals surface area contributed by atoms with Crippen LogP contribution in [-0.2, 0) is 6.18 Å². The summed E-state index contributed by atoms with van der Waals surface area (Å²) in [6.45, 7) is 0. The molecule has 0 fully saturated rings. The molecule has 1 unspecified atom stereocenters. The highest BCUT2D eigenvalue weighted by molar-refractivity contribution is 7.17. The van der Waals surface area contributed by atoms with Gasteiger partial charge in [-0.15, -0.1) is 22.9 Å². The minimum absolute atomic E-state index is 0.454. The normalized spacial score (nSPS) is 13.5. The van der Waals surface area contributed by atoms with Gasteiger partial charge in [0.1, 0.15) is 0 Å². The molecule has 0 nitrogen and oxygen atoms in total. The Kier molecular flexibility index (Phi) is 3.68. The third kappa shape index (κ3) is 2.78. The molecule has 1 heterocycles. The third-order valence-corrected chi connectivity index (χ3v) is 4.76. The minimum atomic E-state index is -4.36. The fraction of sp³-hybridized carbons (Fsp3) is 0.125. The van der Waals surface area contributed by atoms with Gasteiger partial charge in [-0.05, 0) is 40.1 Å². The topological polar surface area (TPSA) is 0 Å². The van der Waals surface area contributed by atoms with E-state index in [4.69, 9.17) is 11.6 Å². The van der Waals surface area contributed by atoms with Crippen LogP contribution in [0.2, 0.25) is 0 Å². The van der Waals surface area contributed by atoms with Gasteiger partial charge in [-0.1, -0.05) is 30.3 Å². The van der Waals surface area contributed by atoms with Crippen molar-refractivity contribution in [1.82, 2.24) is 0 Å². The number of alkyl halides is 4. The Labute approximate surface area is 128 Å². The Morgan fingerprint density at radius 1 is 1.00 bits per heavy atom. The van der Waals surface area contributed by atoms with Crippen LogP contribution >= 0.6 is 22.9 Å². The van der Waals surface area contributed by atoms with Crippen molar-refractivity contribution in [3.05, 3.63) is 70.6 Å². The van der Waals surface area contributed by atoms with Gasteiger partial charge in [-0.3, -0.25) is 0 Å². The molecule has 0 aliphatic rings. The van der Waals surface area contributed by atoms with Crippen LogP contribution in [0.5, 0.6) is 0 Å². The van der Waals surface area contributed by atoms with Gasteiger partial charge in [0.15, 0.2) is 0 Å². The fourth-order valence-corrected chi connectivity index (χ4v) is 3.62. The van der Waals surface area contributed by atoms with Crippen LogP contribution in [0.4, 0.5) is 13.2 Å². The lowest BCUT2D eigenvalue weighted by atomic mass is 10.0. The lowest BCUT2D eigenvalue weighted by molar-refractivity contribution is -0.137. The highest BCUT2D eigenvalue weighted by Crippen LogP contribution is 2.39. The Hall–Kier alpha value is -1.52. The maximum atomic E-state index is 12.8. The number of rotatable bonds is 2. The minimum Gasteiger partial charge on any atom is -0.166 e. The first-order chi connectivity index (χ1) is 9.97. The zero-order chi connectivity index (χ0) is 15.0. The molecule has 0 aliphatic heterocycles. The first-order valence-corrected chi connectivity index (χ1v) is 7.56. The highest BCUT2D eigenvalue weighted by Gasteiger charge is 2.31. The second-order valence-corrected chi connectivity index (χ2v) is 6.02. The zero-order valence-electron chi connectivity index (χ0n) is 10.7. The smallest absolute Gasteiger partial charge is 0.166 e. The van der Waals surface area contributed by atoms with Crippen LogP contribution in [0.25, 0.3) is 10.1 Å². The van der Waals surface area contributed by atoms with E-state index in [1.165, 1.54) is 6.07 Å². The van der Waals surface area contributed by atoms with Gasteiger partial charge >= 0.3 is 6.18 Å². The summed E-state index contributed by atoms with van der Waals surface area (Å²) in [5.74, 6) is 0. The second kappa shape index (κ2) is 5.35. The summed E-state index contributed by atoms with van der Waals surface area (Å²) in [5, 5.41) is 2.30. The first-order valence-electron chi connectivity index (χ1n) is 6.24. The van der Waals surface area contributed by atoms with Crippen molar-refractivity contribution < 1.29 is 13.2 Å². The summed E-state index contributed by atoms with van der Waals surface area (Å²) in [5.41, 5.74) is 0.622. The summed E-state index contributed by atoms with van der Waals surface area (Å²) in [4.78, 5) is 0. The van der Waals surface area contributed by atoms with Crippen molar-refractivity contribution in [2.45, 2.75) is 11.6 Å². The summed E-state index contributed by atoms with van der Waals surface area (Å²) in [7, 11) is 0. The fourth-order valence-electron chi connectivity index (χ4n) is 2.25. The molecule has 0 amide bonds. The van der Waals surface area contributed by atoms with Crippen molar-refractivity contribution in [3.8, 4) is 0 Å². The Morgan fingerprint density at radius 2 is 1.76 bits per heavy atom. The van der Waals surface area contributed by atoms with Gasteiger partial charge < -0.3 is 0 Å². The van der Waals surface area contributed by atoms with E-state index in [0.29, 0.717) is 5.56 Å². The average Bonchev–Trinajstić information content (AvgIpc) is 2.90. The molecule has 5 heteroatoms. The average molecular weight is 327 g/mol. The van der Waals surface area contributed by atoms with E-state index in [-0.39, 0.29) is 0 Å². The third-order valence-electron chi connectivity index (χ3n) is 3.29. The largest absolute Gasteiger partial charge is 0.416 e. The predicted molar refractivity (Wildman–Crippen MR) is 81.0 cm³/mol. The van der Waals surface area contributed by atoms with E-state index in [9.17, 15) is 13.2 Å². The monoisotopic (exact) mass is 326 g/mol. The molecule has 0 bridgehead atoms. The molecule has 21 heavy (non-hydrogen) atoms. The molecule has 0 saturated carbocycles. The summed E-state index contributed by atoms with van der Waals surface area (Å²) < 4.78 is 39.4. The molecule has 0 saturated heterocycles. The van der Waals surface area contributed by atoms with Gasteiger partial charge in [0, 0.05) is 4.70 Å². The predicted octanol–water partition coefficient (Wildman–Crippen LogP) is 6.25. The number of thiophene rings is 1. The molecule has 0 N–H and O–H groups in total. The van der Waals surface area contributed by atoms with E-state index in [2.05, 4.69) is 0 Å². The SMILES string of the molecule is FC(F)(F)c1cccc(C(Cl)c2csc3ccccc23)c1. The van der Waals surface area contributed by atoms with Crippen LogP contribution in [0.1, 0.15) is 22.1 Å².